The van der Waals surface area contributed by atoms with Crippen molar-refractivity contribution in [1.29, 1.82) is 0 Å². The van der Waals surface area contributed by atoms with Crippen LogP contribution in [0, 0.1) is 13.8 Å². The lowest BCUT2D eigenvalue weighted by Gasteiger charge is -2.13. The van der Waals surface area contributed by atoms with Crippen molar-refractivity contribution in [3.63, 3.8) is 0 Å². The van der Waals surface area contributed by atoms with Gasteiger partial charge in [0.15, 0.2) is 5.17 Å². The van der Waals surface area contributed by atoms with Crippen molar-refractivity contribution in [2.45, 2.75) is 32.4 Å². The molecule has 1 unspecified atom stereocenters. The minimum atomic E-state index is -0.446. The van der Waals surface area contributed by atoms with Crippen LogP contribution in [-0.2, 0) is 9.59 Å². The molecule has 0 spiro atoms. The van der Waals surface area contributed by atoms with Crippen LogP contribution in [0.3, 0.4) is 0 Å². The second-order valence-corrected chi connectivity index (χ2v) is 7.72. The van der Waals surface area contributed by atoms with Crippen LogP contribution < -0.4 is 5.32 Å². The minimum absolute atomic E-state index is 0.0623. The quantitative estimate of drug-likeness (QED) is 0.841. The van der Waals surface area contributed by atoms with Gasteiger partial charge < -0.3 is 5.32 Å². The first kappa shape index (κ1) is 19.2. The zero-order chi connectivity index (χ0) is 19.4. The summed E-state index contributed by atoms with van der Waals surface area (Å²) in [7, 11) is 0. The van der Waals surface area contributed by atoms with Crippen molar-refractivity contribution < 1.29 is 9.59 Å². The summed E-state index contributed by atoms with van der Waals surface area (Å²) in [6.07, 6.45) is 0.126. The Morgan fingerprint density at radius 2 is 1.81 bits per heavy atom. The number of nitrogens with zero attached hydrogens (tertiary/aromatic N) is 2. The number of anilines is 1. The zero-order valence-corrected chi connectivity index (χ0v) is 16.5. The Kier molecular flexibility index (Phi) is 5.96. The molecule has 5 nitrogen and oxygen atoms in total. The molecule has 6 heteroatoms. The van der Waals surface area contributed by atoms with Crippen LogP contribution >= 0.6 is 11.8 Å². The van der Waals surface area contributed by atoms with Gasteiger partial charge >= 0.3 is 0 Å². The van der Waals surface area contributed by atoms with Gasteiger partial charge in [-0.05, 0) is 56.2 Å². The Morgan fingerprint density at radius 1 is 1.15 bits per heavy atom. The van der Waals surface area contributed by atoms with Crippen molar-refractivity contribution >= 4 is 40.1 Å². The molecule has 0 bridgehead atoms. The number of carbonyl (C=O) groups excluding carboxylic acids is 2. The van der Waals surface area contributed by atoms with Crippen LogP contribution in [0.2, 0.25) is 0 Å². The van der Waals surface area contributed by atoms with E-state index in [1.165, 1.54) is 11.8 Å². The van der Waals surface area contributed by atoms with Gasteiger partial charge in [0.25, 0.3) is 0 Å². The van der Waals surface area contributed by atoms with Gasteiger partial charge in [-0.25, -0.2) is 4.99 Å². The highest BCUT2D eigenvalue weighted by atomic mass is 32.2. The molecule has 27 heavy (non-hydrogen) atoms. The molecule has 3 rings (SSSR count). The molecule has 2 aromatic rings. The van der Waals surface area contributed by atoms with E-state index < -0.39 is 5.25 Å². The highest BCUT2D eigenvalue weighted by Crippen LogP contribution is 2.31. The average molecular weight is 382 g/mol. The molecular formula is C21H23N3O2S. The lowest BCUT2D eigenvalue weighted by molar-refractivity contribution is -0.128. The summed E-state index contributed by atoms with van der Waals surface area (Å²) in [6, 6.07) is 15.4. The fourth-order valence-corrected chi connectivity index (χ4v) is 4.28. The molecule has 0 saturated carbocycles. The van der Waals surface area contributed by atoms with Gasteiger partial charge in [-0.2, -0.15) is 0 Å². The number of para-hydroxylation sites is 1. The molecule has 1 heterocycles. The standard InChI is InChI=1S/C21H23N3O2S/c1-4-24-20(26)18(27-21(24)23-16-8-6-5-7-9-16)13-19(25)22-17-11-14(2)10-15(3)12-17/h5-12,18H,4,13H2,1-3H3,(H,22,25). The van der Waals surface area contributed by atoms with E-state index in [-0.39, 0.29) is 18.2 Å². The number of aliphatic imine (C=N–C) groups is 1. The summed E-state index contributed by atoms with van der Waals surface area (Å²) in [5.74, 6) is -0.226. The van der Waals surface area contributed by atoms with Gasteiger partial charge in [-0.1, -0.05) is 36.0 Å². The number of rotatable bonds is 5. The first-order chi connectivity index (χ1) is 13.0. The highest BCUT2D eigenvalue weighted by molar-refractivity contribution is 8.15. The van der Waals surface area contributed by atoms with Crippen molar-refractivity contribution in [1.82, 2.24) is 4.90 Å². The Morgan fingerprint density at radius 3 is 2.44 bits per heavy atom. The van der Waals surface area contributed by atoms with Crippen LogP contribution in [-0.4, -0.2) is 33.7 Å². The largest absolute Gasteiger partial charge is 0.326 e. The average Bonchev–Trinajstić information content (AvgIpc) is 2.89. The van der Waals surface area contributed by atoms with Crippen LogP contribution in [0.25, 0.3) is 0 Å². The summed E-state index contributed by atoms with van der Waals surface area (Å²) < 4.78 is 0. The third-order valence-corrected chi connectivity index (χ3v) is 5.37. The van der Waals surface area contributed by atoms with Crippen molar-refractivity contribution in [3.8, 4) is 0 Å². The van der Waals surface area contributed by atoms with Gasteiger partial charge in [0.2, 0.25) is 11.8 Å². The number of thioether (sulfide) groups is 1. The lowest BCUT2D eigenvalue weighted by atomic mass is 10.1. The first-order valence-electron chi connectivity index (χ1n) is 8.96. The number of hydrogen-bond donors (Lipinski definition) is 1. The van der Waals surface area contributed by atoms with Crippen LogP contribution in [0.1, 0.15) is 24.5 Å². The summed E-state index contributed by atoms with van der Waals surface area (Å²) in [5, 5.41) is 3.11. The van der Waals surface area contributed by atoms with Gasteiger partial charge in [-0.15, -0.1) is 0 Å². The fraction of sp³-hybridized carbons (Fsp3) is 0.286. The molecule has 2 amide bonds. The molecule has 140 valence electrons. The zero-order valence-electron chi connectivity index (χ0n) is 15.7. The summed E-state index contributed by atoms with van der Waals surface area (Å²) in [5.41, 5.74) is 3.74. The molecule has 1 fully saturated rings. The Balaban J connectivity index is 1.70. The van der Waals surface area contributed by atoms with Crippen molar-refractivity contribution in [2.75, 3.05) is 11.9 Å². The third kappa shape index (κ3) is 4.77. The predicted octanol–water partition coefficient (Wildman–Crippen LogP) is 4.28. The SMILES string of the molecule is CCN1C(=O)C(CC(=O)Nc2cc(C)cc(C)c2)SC1=Nc1ccccc1. The van der Waals surface area contributed by atoms with E-state index in [0.717, 1.165) is 22.5 Å². The maximum absolute atomic E-state index is 12.7. The van der Waals surface area contributed by atoms with Gasteiger partial charge in [0, 0.05) is 18.7 Å². The maximum Gasteiger partial charge on any atom is 0.242 e. The number of nitrogens with one attached hydrogen (secondary N) is 1. The number of amidine groups is 1. The smallest absolute Gasteiger partial charge is 0.242 e. The predicted molar refractivity (Wildman–Crippen MR) is 111 cm³/mol. The van der Waals surface area contributed by atoms with Crippen molar-refractivity contribution in [2.24, 2.45) is 4.99 Å². The monoisotopic (exact) mass is 381 g/mol. The molecule has 1 atom stereocenters. The normalized spacial score (nSPS) is 18.2. The highest BCUT2D eigenvalue weighted by Gasteiger charge is 2.38. The topological polar surface area (TPSA) is 61.8 Å². The van der Waals surface area contributed by atoms with Gasteiger partial charge in [0.1, 0.15) is 5.25 Å². The third-order valence-electron chi connectivity index (χ3n) is 4.19. The summed E-state index contributed by atoms with van der Waals surface area (Å²) in [6.45, 7) is 6.43. The van der Waals surface area contributed by atoms with E-state index in [2.05, 4.69) is 16.4 Å². The number of amides is 2. The number of aryl methyl sites for hydroxylation is 2. The maximum atomic E-state index is 12.7. The molecular weight excluding hydrogens is 358 g/mol. The Labute approximate surface area is 163 Å². The van der Waals surface area contributed by atoms with Crippen molar-refractivity contribution in [3.05, 3.63) is 59.7 Å². The van der Waals surface area contributed by atoms with E-state index in [4.69, 9.17) is 0 Å². The number of hydrogen-bond acceptors (Lipinski definition) is 4. The Bertz CT molecular complexity index is 860. The molecule has 1 saturated heterocycles. The van der Waals surface area contributed by atoms with Crippen LogP contribution in [0.15, 0.2) is 53.5 Å². The number of benzene rings is 2. The van der Waals surface area contributed by atoms with E-state index in [1.807, 2.05) is 63.2 Å². The molecule has 1 aliphatic heterocycles. The second kappa shape index (κ2) is 8.39. The van der Waals surface area contributed by atoms with E-state index in [0.29, 0.717) is 11.7 Å². The van der Waals surface area contributed by atoms with E-state index in [1.54, 1.807) is 4.90 Å². The summed E-state index contributed by atoms with van der Waals surface area (Å²) in [4.78, 5) is 31.4. The molecule has 0 radical (unpaired) electrons. The molecule has 0 aliphatic carbocycles. The molecule has 2 aromatic carbocycles. The minimum Gasteiger partial charge on any atom is -0.326 e. The van der Waals surface area contributed by atoms with E-state index >= 15 is 0 Å². The molecule has 0 aromatic heterocycles. The van der Waals surface area contributed by atoms with Gasteiger partial charge in [-0.3, -0.25) is 14.5 Å². The van der Waals surface area contributed by atoms with E-state index in [9.17, 15) is 9.59 Å². The Hall–Kier alpha value is -2.60. The van der Waals surface area contributed by atoms with Crippen LogP contribution in [0.4, 0.5) is 11.4 Å². The first-order valence-corrected chi connectivity index (χ1v) is 9.84. The second-order valence-electron chi connectivity index (χ2n) is 6.55. The molecule has 1 aliphatic rings. The van der Waals surface area contributed by atoms with Crippen LogP contribution in [0.5, 0.6) is 0 Å². The van der Waals surface area contributed by atoms with Gasteiger partial charge in [0.05, 0.1) is 5.69 Å². The fourth-order valence-electron chi connectivity index (χ4n) is 3.06. The summed E-state index contributed by atoms with van der Waals surface area (Å²) >= 11 is 1.36. The lowest BCUT2D eigenvalue weighted by Crippen LogP contribution is -2.33. The number of carbonyl (C=O) groups is 2. The molecule has 1 N–H and O–H groups in total.